The summed E-state index contributed by atoms with van der Waals surface area (Å²) >= 11 is 0. The van der Waals surface area contributed by atoms with Gasteiger partial charge in [0.2, 0.25) is 0 Å². The van der Waals surface area contributed by atoms with Gasteiger partial charge in [-0.05, 0) is 6.92 Å². The van der Waals surface area contributed by atoms with E-state index in [-0.39, 0.29) is 38.8 Å². The molecular weight excluding hydrogens is 262 g/mol. The van der Waals surface area contributed by atoms with E-state index >= 15 is 0 Å². The Balaban J connectivity index is -0.0000000250. The molecule has 0 saturated carbocycles. The van der Waals surface area contributed by atoms with Crippen molar-refractivity contribution < 1.29 is 62.7 Å². The van der Waals surface area contributed by atoms with Crippen LogP contribution in [-0.4, -0.2) is 40.2 Å². The van der Waals surface area contributed by atoms with Gasteiger partial charge < -0.3 is 47.1 Å². The van der Waals surface area contributed by atoms with Crippen LogP contribution in [0.15, 0.2) is 0 Å². The number of carbonyl (C=O) groups excluding carboxylic acids is 2. The van der Waals surface area contributed by atoms with E-state index in [0.29, 0.717) is 0 Å². The SMILES string of the molecule is CC(O)C(=O)[O-].CC([O-])C(=O)[O-].N.O.[OH-].[Ti+4]. The Bertz CT molecular complexity index is 145. The number of carboxylic acids is 2. The predicted molar refractivity (Wildman–Crippen MR) is 41.7 cm³/mol. The van der Waals surface area contributed by atoms with Crippen LogP contribution in [0.5, 0.6) is 0 Å². The molecule has 0 aliphatic carbocycles. The molecule has 0 rings (SSSR count). The number of hydrogen-bond donors (Lipinski definition) is 2. The van der Waals surface area contributed by atoms with E-state index in [1.807, 2.05) is 0 Å². The molecule has 0 heterocycles. The Morgan fingerprint density at radius 3 is 1.25 bits per heavy atom. The van der Waals surface area contributed by atoms with Gasteiger partial charge in [0, 0.05) is 5.97 Å². The van der Waals surface area contributed by atoms with Crippen LogP contribution in [0.4, 0.5) is 0 Å². The normalized spacial score (nSPS) is 10.2. The summed E-state index contributed by atoms with van der Waals surface area (Å²) in [6.45, 7) is 2.16. The zero-order valence-electron chi connectivity index (χ0n) is 8.80. The van der Waals surface area contributed by atoms with Crippen molar-refractivity contribution in [3.8, 4) is 0 Å². The molecule has 0 saturated heterocycles. The smallest absolute Gasteiger partial charge is 0.870 e. The predicted octanol–water partition coefficient (Wildman–Crippen LogP) is -5.24. The molecule has 0 aliphatic heterocycles. The average molecular weight is 277 g/mol. The van der Waals surface area contributed by atoms with Crippen LogP contribution in [0.25, 0.3) is 0 Å². The first kappa shape index (κ1) is 36.1. The van der Waals surface area contributed by atoms with E-state index in [1.165, 1.54) is 0 Å². The molecule has 0 aromatic rings. The standard InChI is InChI=1S/C3H6O3.C3H5O3.H3N.2H2O.Ti/c2*1-2(4)3(5)6;;;;/h2,4H,1H3,(H,5,6);2H,1H3,(H,5,6);1H3;2*1H2;/q;-1;;;;+4/p-3. The molecule has 10 heteroatoms. The summed E-state index contributed by atoms with van der Waals surface area (Å²) in [5.74, 6) is -2.98. The average Bonchev–Trinajstić information content (AvgIpc) is 1.88. The van der Waals surface area contributed by atoms with Gasteiger partial charge in [-0.3, -0.25) is 0 Å². The van der Waals surface area contributed by atoms with E-state index < -0.39 is 24.1 Å². The molecule has 0 aliphatic rings. The van der Waals surface area contributed by atoms with Crippen LogP contribution < -0.4 is 21.5 Å². The van der Waals surface area contributed by atoms with Crippen LogP contribution in [-0.2, 0) is 31.3 Å². The first-order valence-corrected chi connectivity index (χ1v) is 3.04. The molecule has 7 N–H and O–H groups in total. The summed E-state index contributed by atoms with van der Waals surface area (Å²) in [4.78, 5) is 18.6. The maximum absolute atomic E-state index is 9.56. The minimum absolute atomic E-state index is 0. The van der Waals surface area contributed by atoms with Gasteiger partial charge in [-0.15, -0.1) is 0 Å². The minimum Gasteiger partial charge on any atom is -0.870 e. The molecule has 9 nitrogen and oxygen atoms in total. The maximum atomic E-state index is 9.56. The van der Waals surface area contributed by atoms with Crippen LogP contribution in [0.2, 0.25) is 0 Å². The fraction of sp³-hybridized carbons (Fsp3) is 0.667. The number of aliphatic carboxylic acids is 2. The fourth-order valence-corrected chi connectivity index (χ4v) is 0. The van der Waals surface area contributed by atoms with E-state index in [9.17, 15) is 24.9 Å². The van der Waals surface area contributed by atoms with E-state index in [2.05, 4.69) is 0 Å². The van der Waals surface area contributed by atoms with Crippen molar-refractivity contribution in [2.75, 3.05) is 0 Å². The van der Waals surface area contributed by atoms with Crippen LogP contribution in [0, 0.1) is 0 Å². The summed E-state index contributed by atoms with van der Waals surface area (Å²) < 4.78 is 0. The zero-order valence-corrected chi connectivity index (χ0v) is 10.4. The third-order valence-electron chi connectivity index (χ3n) is 0.673. The first-order valence-electron chi connectivity index (χ1n) is 3.04. The van der Waals surface area contributed by atoms with Crippen molar-refractivity contribution in [3.05, 3.63) is 0 Å². The summed E-state index contributed by atoms with van der Waals surface area (Å²) in [6.07, 6.45) is -2.94. The van der Waals surface area contributed by atoms with Crippen LogP contribution in [0.3, 0.4) is 0 Å². The second-order valence-electron chi connectivity index (χ2n) is 1.96. The Morgan fingerprint density at radius 2 is 1.25 bits per heavy atom. The summed E-state index contributed by atoms with van der Waals surface area (Å²) in [7, 11) is 0. The van der Waals surface area contributed by atoms with Gasteiger partial charge >= 0.3 is 21.7 Å². The Hall–Kier alpha value is -0.546. The van der Waals surface area contributed by atoms with Gasteiger partial charge in [0.15, 0.2) is 0 Å². The van der Waals surface area contributed by atoms with Gasteiger partial charge in [-0.1, -0.05) is 13.0 Å². The number of hydrogen-bond acceptors (Lipinski definition) is 8. The molecular formula is C6H15NO8Ti. The summed E-state index contributed by atoms with van der Waals surface area (Å²) in [5, 5.41) is 36.1. The minimum atomic E-state index is -1.59. The summed E-state index contributed by atoms with van der Waals surface area (Å²) in [6, 6.07) is 0. The Kier molecular flexibility index (Phi) is 45.0. The van der Waals surface area contributed by atoms with E-state index in [4.69, 9.17) is 5.11 Å². The molecule has 0 aromatic heterocycles. The Labute approximate surface area is 107 Å². The van der Waals surface area contributed by atoms with Crippen molar-refractivity contribution in [2.45, 2.75) is 26.1 Å². The van der Waals surface area contributed by atoms with Crippen LogP contribution >= 0.6 is 0 Å². The molecule has 2 unspecified atom stereocenters. The second-order valence-corrected chi connectivity index (χ2v) is 1.96. The molecule has 0 radical (unpaired) electrons. The number of carbonyl (C=O) groups is 2. The van der Waals surface area contributed by atoms with E-state index in [0.717, 1.165) is 13.8 Å². The van der Waals surface area contributed by atoms with Crippen molar-refractivity contribution >= 4 is 11.9 Å². The third kappa shape index (κ3) is 37.6. The largest absolute Gasteiger partial charge is 4.00 e. The summed E-state index contributed by atoms with van der Waals surface area (Å²) in [5.41, 5.74) is 0. The van der Waals surface area contributed by atoms with Gasteiger partial charge in [-0.2, -0.15) is 0 Å². The molecule has 0 spiro atoms. The number of rotatable bonds is 2. The maximum Gasteiger partial charge on any atom is 4.00 e. The molecule has 16 heavy (non-hydrogen) atoms. The molecule has 2 atom stereocenters. The number of aliphatic hydroxyl groups is 1. The number of aliphatic hydroxyl groups excluding tert-OH is 1. The van der Waals surface area contributed by atoms with Gasteiger partial charge in [0.25, 0.3) is 0 Å². The molecule has 0 aromatic carbocycles. The zero-order chi connectivity index (χ0) is 10.3. The topological polar surface area (TPSA) is 220 Å². The molecule has 0 amide bonds. The quantitative estimate of drug-likeness (QED) is 0.462. The Morgan fingerprint density at radius 1 is 1.12 bits per heavy atom. The number of carboxylic acid groups (broad SMARTS) is 2. The molecule has 96 valence electrons. The van der Waals surface area contributed by atoms with Crippen molar-refractivity contribution in [1.82, 2.24) is 6.15 Å². The third-order valence-corrected chi connectivity index (χ3v) is 0.673. The molecule has 0 fully saturated rings. The fourth-order valence-electron chi connectivity index (χ4n) is 0. The van der Waals surface area contributed by atoms with Crippen molar-refractivity contribution in [3.63, 3.8) is 0 Å². The van der Waals surface area contributed by atoms with E-state index in [1.54, 1.807) is 0 Å². The second kappa shape index (κ2) is 19.9. The molecule has 0 bridgehead atoms. The van der Waals surface area contributed by atoms with Crippen molar-refractivity contribution in [2.24, 2.45) is 0 Å². The van der Waals surface area contributed by atoms with Gasteiger partial charge in [-0.25, -0.2) is 0 Å². The first-order chi connectivity index (χ1) is 5.29. The van der Waals surface area contributed by atoms with Gasteiger partial charge in [0.05, 0.1) is 12.1 Å². The van der Waals surface area contributed by atoms with Crippen molar-refractivity contribution in [1.29, 1.82) is 0 Å². The van der Waals surface area contributed by atoms with Crippen LogP contribution in [0.1, 0.15) is 13.8 Å². The van der Waals surface area contributed by atoms with Gasteiger partial charge in [0.1, 0.15) is 0 Å². The monoisotopic (exact) mass is 277 g/mol.